The molecule has 1 atom stereocenters. The van der Waals surface area contributed by atoms with Gasteiger partial charge in [0.2, 0.25) is 5.95 Å². The highest BCUT2D eigenvalue weighted by molar-refractivity contribution is 5.26. The first-order valence-electron chi connectivity index (χ1n) is 6.13. The molecule has 2 heterocycles. The lowest BCUT2D eigenvalue weighted by molar-refractivity contribution is 0.0641. The molecule has 0 aromatic carbocycles. The molecule has 0 radical (unpaired) electrons. The molecule has 1 aliphatic heterocycles. The van der Waals surface area contributed by atoms with Crippen molar-refractivity contribution in [3.8, 4) is 12.0 Å². The second-order valence-electron chi connectivity index (χ2n) is 3.85. The Morgan fingerprint density at radius 3 is 2.67 bits per heavy atom. The van der Waals surface area contributed by atoms with Crippen LogP contribution in [-0.4, -0.2) is 47.9 Å². The van der Waals surface area contributed by atoms with Crippen molar-refractivity contribution < 1.29 is 14.2 Å². The summed E-state index contributed by atoms with van der Waals surface area (Å²) in [7, 11) is 1.73. The number of hydrogen-bond acceptors (Lipinski definition) is 7. The summed E-state index contributed by atoms with van der Waals surface area (Å²) in [4.78, 5) is 12.2. The summed E-state index contributed by atoms with van der Waals surface area (Å²) in [6.07, 6.45) is 2.23. The van der Waals surface area contributed by atoms with E-state index in [2.05, 4.69) is 20.3 Å². The van der Waals surface area contributed by atoms with Crippen LogP contribution in [0.25, 0.3) is 0 Å². The molecule has 1 aromatic heterocycles. The van der Waals surface area contributed by atoms with Gasteiger partial charge in [-0.1, -0.05) is 0 Å². The summed E-state index contributed by atoms with van der Waals surface area (Å²) in [5, 5.41) is 2.84. The Morgan fingerprint density at radius 1 is 1.28 bits per heavy atom. The minimum atomic E-state index is 0.135. The van der Waals surface area contributed by atoms with Crippen LogP contribution in [0.4, 0.5) is 5.95 Å². The number of nitrogens with one attached hydrogen (secondary N) is 1. The lowest BCUT2D eigenvalue weighted by atomic mass is 10.2. The van der Waals surface area contributed by atoms with Gasteiger partial charge in [-0.3, -0.25) is 0 Å². The predicted molar refractivity (Wildman–Crippen MR) is 65.0 cm³/mol. The Balaban J connectivity index is 1.98. The zero-order chi connectivity index (χ0) is 12.8. The largest absolute Gasteiger partial charge is 0.464 e. The topological polar surface area (TPSA) is 78.4 Å². The quantitative estimate of drug-likeness (QED) is 0.806. The van der Waals surface area contributed by atoms with Crippen molar-refractivity contribution in [2.75, 3.05) is 32.2 Å². The van der Waals surface area contributed by atoms with E-state index in [-0.39, 0.29) is 18.1 Å². The number of aromatic nitrogens is 3. The van der Waals surface area contributed by atoms with Crippen LogP contribution < -0.4 is 14.8 Å². The predicted octanol–water partition coefficient (Wildman–Crippen LogP) is 0.870. The highest BCUT2D eigenvalue weighted by Gasteiger charge is 2.17. The molecular formula is C11H18N4O3. The van der Waals surface area contributed by atoms with Gasteiger partial charge in [-0.15, -0.1) is 4.98 Å². The van der Waals surface area contributed by atoms with Gasteiger partial charge in [0.15, 0.2) is 0 Å². The van der Waals surface area contributed by atoms with E-state index >= 15 is 0 Å². The average Bonchev–Trinajstić information content (AvgIpc) is 2.89. The molecule has 0 spiro atoms. The third kappa shape index (κ3) is 3.43. The van der Waals surface area contributed by atoms with E-state index in [1.54, 1.807) is 7.05 Å². The lowest BCUT2D eigenvalue weighted by Crippen LogP contribution is -2.18. The molecule has 1 fully saturated rings. The summed E-state index contributed by atoms with van der Waals surface area (Å²) >= 11 is 0. The Hall–Kier alpha value is -1.63. The van der Waals surface area contributed by atoms with Gasteiger partial charge >= 0.3 is 12.0 Å². The second-order valence-corrected chi connectivity index (χ2v) is 3.85. The molecule has 2 rings (SSSR count). The molecule has 0 aliphatic carbocycles. The molecule has 100 valence electrons. The van der Waals surface area contributed by atoms with Crippen LogP contribution in [0.2, 0.25) is 0 Å². The Labute approximate surface area is 106 Å². The molecule has 7 heteroatoms. The van der Waals surface area contributed by atoms with Crippen molar-refractivity contribution in [3.63, 3.8) is 0 Å². The third-order valence-electron chi connectivity index (χ3n) is 2.51. The van der Waals surface area contributed by atoms with Crippen molar-refractivity contribution in [1.82, 2.24) is 15.0 Å². The number of nitrogens with zero attached hydrogens (tertiary/aromatic N) is 3. The molecule has 1 aromatic rings. The fourth-order valence-electron chi connectivity index (χ4n) is 1.65. The van der Waals surface area contributed by atoms with Crippen molar-refractivity contribution in [2.24, 2.45) is 0 Å². The maximum Gasteiger partial charge on any atom is 0.324 e. The van der Waals surface area contributed by atoms with E-state index in [4.69, 9.17) is 14.2 Å². The fourth-order valence-corrected chi connectivity index (χ4v) is 1.65. The summed E-state index contributed by atoms with van der Waals surface area (Å²) in [5.41, 5.74) is 0. The number of ether oxygens (including phenoxy) is 3. The van der Waals surface area contributed by atoms with E-state index in [1.807, 2.05) is 6.92 Å². The van der Waals surface area contributed by atoms with Crippen molar-refractivity contribution >= 4 is 5.95 Å². The van der Waals surface area contributed by atoms with E-state index in [0.717, 1.165) is 19.4 Å². The van der Waals surface area contributed by atoms with E-state index in [1.165, 1.54) is 0 Å². The maximum atomic E-state index is 5.51. The zero-order valence-electron chi connectivity index (χ0n) is 10.7. The lowest BCUT2D eigenvalue weighted by Gasteiger charge is -2.11. The van der Waals surface area contributed by atoms with Crippen LogP contribution in [0.1, 0.15) is 19.8 Å². The van der Waals surface area contributed by atoms with Gasteiger partial charge in [-0.25, -0.2) is 0 Å². The Morgan fingerprint density at radius 2 is 2.06 bits per heavy atom. The van der Waals surface area contributed by atoms with Crippen LogP contribution >= 0.6 is 0 Å². The van der Waals surface area contributed by atoms with E-state index in [0.29, 0.717) is 19.2 Å². The first-order chi connectivity index (χ1) is 8.81. The summed E-state index contributed by atoms with van der Waals surface area (Å²) < 4.78 is 16.2. The monoisotopic (exact) mass is 254 g/mol. The van der Waals surface area contributed by atoms with Crippen LogP contribution in [0.3, 0.4) is 0 Å². The van der Waals surface area contributed by atoms with Gasteiger partial charge in [0, 0.05) is 13.7 Å². The number of rotatable bonds is 6. The molecule has 0 saturated carbocycles. The maximum absolute atomic E-state index is 5.51. The van der Waals surface area contributed by atoms with Crippen LogP contribution in [0.5, 0.6) is 12.0 Å². The Bertz CT molecular complexity index is 383. The minimum Gasteiger partial charge on any atom is -0.464 e. The minimum absolute atomic E-state index is 0.135. The van der Waals surface area contributed by atoms with Crippen molar-refractivity contribution in [1.29, 1.82) is 0 Å². The molecule has 0 amide bonds. The first-order valence-corrected chi connectivity index (χ1v) is 6.13. The number of anilines is 1. The first kappa shape index (κ1) is 12.8. The average molecular weight is 254 g/mol. The van der Waals surface area contributed by atoms with E-state index < -0.39 is 0 Å². The van der Waals surface area contributed by atoms with Gasteiger partial charge in [0.05, 0.1) is 12.7 Å². The second kappa shape index (κ2) is 6.34. The molecule has 18 heavy (non-hydrogen) atoms. The fraction of sp³-hybridized carbons (Fsp3) is 0.727. The summed E-state index contributed by atoms with van der Waals surface area (Å²) in [6.45, 7) is 3.63. The molecule has 1 N–H and O–H groups in total. The van der Waals surface area contributed by atoms with Crippen molar-refractivity contribution in [3.05, 3.63) is 0 Å². The molecular weight excluding hydrogens is 236 g/mol. The molecule has 1 aliphatic rings. The van der Waals surface area contributed by atoms with E-state index in [9.17, 15) is 0 Å². The Kier molecular flexibility index (Phi) is 4.52. The number of hydrogen-bond donors (Lipinski definition) is 1. The highest BCUT2D eigenvalue weighted by atomic mass is 16.5. The SMILES string of the molecule is CCOc1nc(NC)nc(OCC2CCCO2)n1. The molecule has 1 saturated heterocycles. The summed E-state index contributed by atoms with van der Waals surface area (Å²) in [5.74, 6) is 0.427. The zero-order valence-corrected chi connectivity index (χ0v) is 10.7. The third-order valence-corrected chi connectivity index (χ3v) is 2.51. The summed E-state index contributed by atoms with van der Waals surface area (Å²) in [6, 6.07) is 0.521. The molecule has 7 nitrogen and oxygen atoms in total. The van der Waals surface area contributed by atoms with Gasteiger partial charge < -0.3 is 19.5 Å². The van der Waals surface area contributed by atoms with Crippen LogP contribution in [0.15, 0.2) is 0 Å². The normalized spacial score (nSPS) is 18.7. The van der Waals surface area contributed by atoms with Crippen molar-refractivity contribution in [2.45, 2.75) is 25.9 Å². The van der Waals surface area contributed by atoms with Gasteiger partial charge in [-0.2, -0.15) is 9.97 Å². The smallest absolute Gasteiger partial charge is 0.324 e. The van der Waals surface area contributed by atoms with Gasteiger partial charge in [0.25, 0.3) is 0 Å². The van der Waals surface area contributed by atoms with Crippen LogP contribution in [-0.2, 0) is 4.74 Å². The standard InChI is InChI=1S/C11H18N4O3/c1-3-16-10-13-9(12-2)14-11(15-10)18-7-8-5-4-6-17-8/h8H,3-7H2,1-2H3,(H,12,13,14,15). The molecule has 1 unspecified atom stereocenters. The molecule has 0 bridgehead atoms. The van der Waals surface area contributed by atoms with Gasteiger partial charge in [0.1, 0.15) is 6.61 Å². The van der Waals surface area contributed by atoms with Gasteiger partial charge in [-0.05, 0) is 19.8 Å². The highest BCUT2D eigenvalue weighted by Crippen LogP contribution is 2.16. The van der Waals surface area contributed by atoms with Crippen LogP contribution in [0, 0.1) is 0 Å².